The van der Waals surface area contributed by atoms with Crippen LogP contribution in [-0.4, -0.2) is 17.7 Å². The first-order valence-corrected chi connectivity index (χ1v) is 7.49. The molecule has 1 unspecified atom stereocenters. The molecule has 4 nitrogen and oxygen atoms in total. The van der Waals surface area contributed by atoms with Crippen molar-refractivity contribution in [1.29, 1.82) is 0 Å². The summed E-state index contributed by atoms with van der Waals surface area (Å²) in [6.07, 6.45) is 0. The molecule has 0 heterocycles. The molecule has 0 spiro atoms. The van der Waals surface area contributed by atoms with Gasteiger partial charge in [-0.05, 0) is 43.7 Å². The molecule has 0 saturated carbocycles. The molecule has 0 aliphatic heterocycles. The monoisotopic (exact) mass is 317 g/mol. The second-order valence-corrected chi connectivity index (χ2v) is 5.23. The predicted octanol–water partition coefficient (Wildman–Crippen LogP) is 3.88. The molecule has 122 valence electrons. The van der Waals surface area contributed by atoms with Crippen molar-refractivity contribution in [1.82, 2.24) is 0 Å². The van der Waals surface area contributed by atoms with Crippen LogP contribution in [0.3, 0.4) is 0 Å². The van der Waals surface area contributed by atoms with Gasteiger partial charge in [-0.1, -0.05) is 24.3 Å². The van der Waals surface area contributed by atoms with Gasteiger partial charge in [-0.25, -0.2) is 4.39 Å². The van der Waals surface area contributed by atoms with E-state index in [4.69, 9.17) is 4.74 Å². The van der Waals surface area contributed by atoms with Crippen LogP contribution in [0.2, 0.25) is 0 Å². The van der Waals surface area contributed by atoms with Crippen molar-refractivity contribution < 1.29 is 19.0 Å². The summed E-state index contributed by atoms with van der Waals surface area (Å²) in [5.41, 5.74) is 1.23. The number of rotatable bonds is 6. The number of benzene rings is 2. The number of para-hydroxylation sites is 2. The van der Waals surface area contributed by atoms with E-state index in [2.05, 4.69) is 5.32 Å². The highest BCUT2D eigenvalue weighted by Crippen LogP contribution is 2.31. The summed E-state index contributed by atoms with van der Waals surface area (Å²) in [5, 5.41) is 13.1. The van der Waals surface area contributed by atoms with Crippen molar-refractivity contribution in [3.05, 3.63) is 59.9 Å². The highest BCUT2D eigenvalue weighted by molar-refractivity contribution is 5.74. The maximum absolute atomic E-state index is 13.2. The lowest BCUT2D eigenvalue weighted by Crippen LogP contribution is -2.27. The molecule has 2 aromatic carbocycles. The molecule has 0 aromatic heterocycles. The molecule has 0 bridgehead atoms. The topological polar surface area (TPSA) is 58.6 Å². The molecule has 0 aliphatic rings. The maximum Gasteiger partial charge on any atom is 0.311 e. The average Bonchev–Trinajstić information content (AvgIpc) is 2.55. The molecule has 0 radical (unpaired) electrons. The Morgan fingerprint density at radius 2 is 1.87 bits per heavy atom. The minimum atomic E-state index is -0.514. The van der Waals surface area contributed by atoms with Crippen molar-refractivity contribution in [3.8, 4) is 5.75 Å². The quantitative estimate of drug-likeness (QED) is 0.627. The summed E-state index contributed by atoms with van der Waals surface area (Å²) >= 11 is 0. The summed E-state index contributed by atoms with van der Waals surface area (Å²) in [6.45, 7) is 3.77. The van der Waals surface area contributed by atoms with Gasteiger partial charge >= 0.3 is 5.97 Å². The van der Waals surface area contributed by atoms with E-state index in [1.165, 1.54) is 12.1 Å². The molecule has 23 heavy (non-hydrogen) atoms. The Balaban J connectivity index is 2.32. The number of anilines is 1. The molecule has 0 aliphatic carbocycles. The third kappa shape index (κ3) is 4.22. The van der Waals surface area contributed by atoms with Gasteiger partial charge in [0.1, 0.15) is 11.6 Å². The molecule has 2 atom stereocenters. The van der Waals surface area contributed by atoms with E-state index >= 15 is 0 Å². The SMILES string of the molecule is CCOC(=O)[C@H](C)C(Nc1ccccc1O)c1ccc(F)cc1. The van der Waals surface area contributed by atoms with Crippen LogP contribution < -0.4 is 5.32 Å². The van der Waals surface area contributed by atoms with Crippen molar-refractivity contribution in [2.75, 3.05) is 11.9 Å². The van der Waals surface area contributed by atoms with Crippen LogP contribution in [0.4, 0.5) is 10.1 Å². The van der Waals surface area contributed by atoms with Crippen molar-refractivity contribution in [2.24, 2.45) is 5.92 Å². The number of carbonyl (C=O) groups excluding carboxylic acids is 1. The van der Waals surface area contributed by atoms with Gasteiger partial charge in [0.25, 0.3) is 0 Å². The number of phenolic OH excluding ortho intramolecular Hbond substituents is 1. The molecule has 2 aromatic rings. The summed E-state index contributed by atoms with van der Waals surface area (Å²) < 4.78 is 18.3. The molecular weight excluding hydrogens is 297 g/mol. The molecule has 0 amide bonds. The first-order valence-electron chi connectivity index (χ1n) is 7.49. The van der Waals surface area contributed by atoms with Crippen LogP contribution in [0.15, 0.2) is 48.5 Å². The zero-order chi connectivity index (χ0) is 16.8. The average molecular weight is 317 g/mol. The number of hydrogen-bond donors (Lipinski definition) is 2. The van der Waals surface area contributed by atoms with Gasteiger partial charge in [-0.15, -0.1) is 0 Å². The fourth-order valence-electron chi connectivity index (χ4n) is 2.34. The highest BCUT2D eigenvalue weighted by Gasteiger charge is 2.27. The number of ether oxygens (including phenoxy) is 1. The first-order chi connectivity index (χ1) is 11.0. The highest BCUT2D eigenvalue weighted by atomic mass is 19.1. The molecule has 2 rings (SSSR count). The second kappa shape index (κ2) is 7.63. The summed E-state index contributed by atoms with van der Waals surface area (Å²) in [6, 6.07) is 12.2. The summed E-state index contributed by atoms with van der Waals surface area (Å²) in [7, 11) is 0. The van der Waals surface area contributed by atoms with E-state index in [1.54, 1.807) is 50.2 Å². The molecule has 0 saturated heterocycles. The Bertz CT molecular complexity index is 658. The summed E-state index contributed by atoms with van der Waals surface area (Å²) in [5.74, 6) is -1.14. The number of aromatic hydroxyl groups is 1. The number of phenols is 1. The van der Waals surface area contributed by atoms with E-state index in [0.29, 0.717) is 5.69 Å². The molecule has 0 fully saturated rings. The molecular formula is C18H20FNO3. The predicted molar refractivity (Wildman–Crippen MR) is 86.7 cm³/mol. The standard InChI is InChI=1S/C18H20FNO3/c1-3-23-18(22)12(2)17(13-8-10-14(19)11-9-13)20-15-6-4-5-7-16(15)21/h4-12,17,20-21H,3H2,1-2H3/t12-,17?/m1/s1. The summed E-state index contributed by atoms with van der Waals surface area (Å²) in [4.78, 5) is 12.1. The first kappa shape index (κ1) is 16.8. The van der Waals surface area contributed by atoms with E-state index in [-0.39, 0.29) is 24.1 Å². The number of carbonyl (C=O) groups is 1. The lowest BCUT2D eigenvalue weighted by Gasteiger charge is -2.25. The minimum absolute atomic E-state index is 0.0793. The van der Waals surface area contributed by atoms with Crippen LogP contribution in [0.1, 0.15) is 25.5 Å². The van der Waals surface area contributed by atoms with Crippen LogP contribution in [0.25, 0.3) is 0 Å². The molecule has 5 heteroatoms. The zero-order valence-electron chi connectivity index (χ0n) is 13.1. The van der Waals surface area contributed by atoms with Gasteiger partial charge in [0.15, 0.2) is 0 Å². The number of halogens is 1. The van der Waals surface area contributed by atoms with Gasteiger partial charge < -0.3 is 15.2 Å². The Morgan fingerprint density at radius 1 is 1.22 bits per heavy atom. The van der Waals surface area contributed by atoms with Gasteiger partial charge in [-0.3, -0.25) is 4.79 Å². The van der Waals surface area contributed by atoms with E-state index in [0.717, 1.165) is 5.56 Å². The van der Waals surface area contributed by atoms with Gasteiger partial charge in [-0.2, -0.15) is 0 Å². The third-order valence-electron chi connectivity index (χ3n) is 3.60. The Morgan fingerprint density at radius 3 is 2.48 bits per heavy atom. The zero-order valence-corrected chi connectivity index (χ0v) is 13.1. The minimum Gasteiger partial charge on any atom is -0.506 e. The van der Waals surface area contributed by atoms with E-state index < -0.39 is 12.0 Å². The number of esters is 1. The largest absolute Gasteiger partial charge is 0.506 e. The Hall–Kier alpha value is -2.56. The van der Waals surface area contributed by atoms with Gasteiger partial charge in [0.05, 0.1) is 24.3 Å². The Kier molecular flexibility index (Phi) is 5.57. The van der Waals surface area contributed by atoms with Crippen LogP contribution in [0, 0.1) is 11.7 Å². The van der Waals surface area contributed by atoms with Gasteiger partial charge in [0, 0.05) is 0 Å². The lowest BCUT2D eigenvalue weighted by molar-refractivity contribution is -0.147. The lowest BCUT2D eigenvalue weighted by atomic mass is 9.94. The van der Waals surface area contributed by atoms with Crippen LogP contribution in [0.5, 0.6) is 5.75 Å². The van der Waals surface area contributed by atoms with Crippen molar-refractivity contribution >= 4 is 11.7 Å². The fourth-order valence-corrected chi connectivity index (χ4v) is 2.34. The van der Waals surface area contributed by atoms with Gasteiger partial charge in [0.2, 0.25) is 0 Å². The Labute approximate surface area is 134 Å². The number of hydrogen-bond acceptors (Lipinski definition) is 4. The van der Waals surface area contributed by atoms with Crippen LogP contribution in [-0.2, 0) is 9.53 Å². The van der Waals surface area contributed by atoms with Crippen molar-refractivity contribution in [2.45, 2.75) is 19.9 Å². The maximum atomic E-state index is 13.2. The smallest absolute Gasteiger partial charge is 0.311 e. The van der Waals surface area contributed by atoms with Crippen LogP contribution >= 0.6 is 0 Å². The second-order valence-electron chi connectivity index (χ2n) is 5.23. The number of nitrogens with one attached hydrogen (secondary N) is 1. The van der Waals surface area contributed by atoms with Crippen molar-refractivity contribution in [3.63, 3.8) is 0 Å². The fraction of sp³-hybridized carbons (Fsp3) is 0.278. The van der Waals surface area contributed by atoms with E-state index in [9.17, 15) is 14.3 Å². The molecule has 2 N–H and O–H groups in total. The van der Waals surface area contributed by atoms with E-state index in [1.807, 2.05) is 0 Å². The normalized spacial score (nSPS) is 13.2. The third-order valence-corrected chi connectivity index (χ3v) is 3.60.